The largest absolute Gasteiger partial charge is 0.235 e. The highest BCUT2D eigenvalue weighted by molar-refractivity contribution is 5.78. The molecular weight excluding hydrogens is 114 g/mol. The molecule has 0 aliphatic carbocycles. The molecule has 42 valence electrons. The number of fused-ring (bicyclic) bond motifs is 1. The Bertz CT molecular complexity index is 254. The Morgan fingerprint density at radius 1 is 1.44 bits per heavy atom. The Morgan fingerprint density at radius 2 is 2.44 bits per heavy atom. The highest BCUT2D eigenvalue weighted by Crippen LogP contribution is 2.23. The predicted molar refractivity (Wildman–Crippen MR) is 33.0 cm³/mol. The third-order valence-corrected chi connectivity index (χ3v) is 1.09. The van der Waals surface area contributed by atoms with Crippen molar-refractivity contribution >= 4 is 17.8 Å². The predicted octanol–water partition coefficient (Wildman–Crippen LogP) is 0.791. The van der Waals surface area contributed by atoms with E-state index in [4.69, 9.17) is 0 Å². The molecule has 2 heterocycles. The lowest BCUT2D eigenvalue weighted by atomic mass is 10.4. The first-order chi connectivity index (χ1) is 4.47. The van der Waals surface area contributed by atoms with Crippen molar-refractivity contribution in [3.05, 3.63) is 18.3 Å². The topological polar surface area (TPSA) is 39.4 Å². The lowest BCUT2D eigenvalue weighted by Gasteiger charge is -1.88. The van der Waals surface area contributed by atoms with E-state index in [2.05, 4.69) is 21.4 Å². The summed E-state index contributed by atoms with van der Waals surface area (Å²) >= 11 is 0. The Labute approximate surface area is 52.5 Å². The minimum atomic E-state index is 0.689. The number of hydrogen-bond acceptors (Lipinski definition) is 2. The summed E-state index contributed by atoms with van der Waals surface area (Å²) in [6, 6.07) is 4.57. The molecule has 0 saturated carbocycles. The van der Waals surface area contributed by atoms with Crippen molar-refractivity contribution in [3.8, 4) is 0 Å². The van der Waals surface area contributed by atoms with Crippen LogP contribution in [0.4, 0.5) is 11.5 Å². The van der Waals surface area contributed by atoms with E-state index >= 15 is 0 Å². The van der Waals surface area contributed by atoms with E-state index in [0.717, 1.165) is 5.69 Å². The van der Waals surface area contributed by atoms with Gasteiger partial charge >= 0.3 is 0 Å². The fourth-order valence-corrected chi connectivity index (χ4v) is 0.686. The molecule has 0 amide bonds. The summed E-state index contributed by atoms with van der Waals surface area (Å²) in [5.74, 6) is 0.689. The summed E-state index contributed by atoms with van der Waals surface area (Å²) in [5, 5.41) is 3.91. The van der Waals surface area contributed by atoms with Gasteiger partial charge in [-0.1, -0.05) is 0 Å². The van der Waals surface area contributed by atoms with E-state index < -0.39 is 0 Å². The Kier molecular flexibility index (Phi) is 0.773. The monoisotopic (exact) mass is 117 g/mol. The maximum absolute atomic E-state index is 3.91. The molecule has 9 heavy (non-hydrogen) atoms. The lowest BCUT2D eigenvalue weighted by molar-refractivity contribution is 1.26. The molecule has 0 saturated heterocycles. The van der Waals surface area contributed by atoms with Crippen LogP contribution in [0.1, 0.15) is 0 Å². The summed E-state index contributed by atoms with van der Waals surface area (Å²) in [7, 11) is 0. The number of pyridine rings is 1. The Balaban J connectivity index is 2.63. The quantitative estimate of drug-likeness (QED) is 0.495. The van der Waals surface area contributed by atoms with Crippen LogP contribution in [0.25, 0.3) is 0 Å². The molecule has 3 heteroatoms. The van der Waals surface area contributed by atoms with Gasteiger partial charge in [0, 0.05) is 12.3 Å². The molecule has 0 spiro atoms. The van der Waals surface area contributed by atoms with Crippen LogP contribution in [-0.4, -0.2) is 11.3 Å². The Morgan fingerprint density at radius 3 is 3.33 bits per heavy atom. The molecule has 0 aromatic carbocycles. The van der Waals surface area contributed by atoms with Gasteiger partial charge < -0.3 is 0 Å². The van der Waals surface area contributed by atoms with E-state index in [1.165, 1.54) is 6.34 Å². The standard InChI is InChI=1S/C6H3N3/c1-2-5-6(7-3-1)9-4-8-5/h2-4H. The van der Waals surface area contributed by atoms with Gasteiger partial charge in [0.1, 0.15) is 12.0 Å². The van der Waals surface area contributed by atoms with Crippen LogP contribution in [0.5, 0.6) is 0 Å². The summed E-state index contributed by atoms with van der Waals surface area (Å²) in [5.41, 5.74) is 0.803. The first kappa shape index (κ1) is 4.49. The van der Waals surface area contributed by atoms with Crippen LogP contribution < -0.4 is 5.32 Å². The molecule has 0 atom stereocenters. The number of rotatable bonds is 0. The van der Waals surface area contributed by atoms with Crippen LogP contribution in [0, 0.1) is 6.07 Å². The third kappa shape index (κ3) is 0.579. The van der Waals surface area contributed by atoms with Crippen LogP contribution in [0.3, 0.4) is 0 Å². The van der Waals surface area contributed by atoms with Gasteiger partial charge in [-0.05, 0) is 6.07 Å². The van der Waals surface area contributed by atoms with E-state index in [9.17, 15) is 0 Å². The molecule has 0 N–H and O–H groups in total. The maximum Gasteiger partial charge on any atom is 0.179 e. The molecule has 0 fully saturated rings. The molecule has 1 aliphatic heterocycles. The zero-order valence-corrected chi connectivity index (χ0v) is 4.57. The fourth-order valence-electron chi connectivity index (χ4n) is 0.686. The van der Waals surface area contributed by atoms with Crippen molar-refractivity contribution in [2.75, 3.05) is 0 Å². The smallest absolute Gasteiger partial charge is 0.179 e. The molecular formula is C6H3N3. The SMILES string of the molecule is [c]1cnc2c(c1)[N]C=N2. The summed E-state index contributed by atoms with van der Waals surface area (Å²) < 4.78 is 0. The maximum atomic E-state index is 3.91. The molecule has 0 unspecified atom stereocenters. The third-order valence-electron chi connectivity index (χ3n) is 1.09. The van der Waals surface area contributed by atoms with Crippen molar-refractivity contribution in [2.45, 2.75) is 0 Å². The number of nitrogens with zero attached hydrogens (tertiary/aromatic N) is 3. The first-order valence-electron chi connectivity index (χ1n) is 2.56. The molecule has 0 bridgehead atoms. The van der Waals surface area contributed by atoms with Crippen LogP contribution >= 0.6 is 0 Å². The van der Waals surface area contributed by atoms with Gasteiger partial charge in [0.15, 0.2) is 5.82 Å². The minimum Gasteiger partial charge on any atom is -0.235 e. The second kappa shape index (κ2) is 1.55. The zero-order chi connectivity index (χ0) is 6.10. The van der Waals surface area contributed by atoms with Crippen molar-refractivity contribution in [1.82, 2.24) is 10.3 Å². The van der Waals surface area contributed by atoms with Crippen LogP contribution in [0.15, 0.2) is 17.3 Å². The van der Waals surface area contributed by atoms with E-state index in [1.54, 1.807) is 12.3 Å². The second-order valence-electron chi connectivity index (χ2n) is 1.65. The highest BCUT2D eigenvalue weighted by Gasteiger charge is 2.05. The molecule has 2 rings (SSSR count). The van der Waals surface area contributed by atoms with Crippen molar-refractivity contribution in [3.63, 3.8) is 0 Å². The normalized spacial score (nSPS) is 12.9. The molecule has 2 radical (unpaired) electrons. The van der Waals surface area contributed by atoms with Gasteiger partial charge in [-0.25, -0.2) is 15.3 Å². The van der Waals surface area contributed by atoms with E-state index in [0.29, 0.717) is 5.82 Å². The molecule has 3 nitrogen and oxygen atoms in total. The Hall–Kier alpha value is -1.38. The average molecular weight is 117 g/mol. The number of hydrogen-bond donors (Lipinski definition) is 0. The molecule has 1 aromatic rings. The molecule has 1 aromatic heterocycles. The van der Waals surface area contributed by atoms with Gasteiger partial charge in [-0.15, -0.1) is 0 Å². The van der Waals surface area contributed by atoms with Gasteiger partial charge in [-0.2, -0.15) is 0 Å². The van der Waals surface area contributed by atoms with Crippen LogP contribution in [-0.2, 0) is 0 Å². The minimum absolute atomic E-state index is 0.689. The van der Waals surface area contributed by atoms with Gasteiger partial charge in [0.2, 0.25) is 0 Å². The van der Waals surface area contributed by atoms with Gasteiger partial charge in [0.25, 0.3) is 0 Å². The summed E-state index contributed by atoms with van der Waals surface area (Å²) in [6.07, 6.45) is 3.07. The average Bonchev–Trinajstić information content (AvgIpc) is 2.33. The van der Waals surface area contributed by atoms with Crippen molar-refractivity contribution in [1.29, 1.82) is 0 Å². The highest BCUT2D eigenvalue weighted by atomic mass is 15.1. The summed E-state index contributed by atoms with van der Waals surface area (Å²) in [4.78, 5) is 7.79. The van der Waals surface area contributed by atoms with E-state index in [1.807, 2.05) is 0 Å². The fraction of sp³-hybridized carbons (Fsp3) is 0. The summed E-state index contributed by atoms with van der Waals surface area (Å²) in [6.45, 7) is 0. The number of aliphatic imine (C=N–C) groups is 1. The molecule has 1 aliphatic rings. The zero-order valence-electron chi connectivity index (χ0n) is 4.57. The van der Waals surface area contributed by atoms with E-state index in [-0.39, 0.29) is 0 Å². The first-order valence-corrected chi connectivity index (χ1v) is 2.56. The van der Waals surface area contributed by atoms with Gasteiger partial charge in [0.05, 0.1) is 0 Å². The van der Waals surface area contributed by atoms with Crippen molar-refractivity contribution < 1.29 is 0 Å². The van der Waals surface area contributed by atoms with Crippen LogP contribution in [0.2, 0.25) is 0 Å². The van der Waals surface area contributed by atoms with Gasteiger partial charge in [-0.3, -0.25) is 0 Å². The second-order valence-corrected chi connectivity index (χ2v) is 1.65. The number of aromatic nitrogens is 1. The van der Waals surface area contributed by atoms with Crippen molar-refractivity contribution in [2.24, 2.45) is 4.99 Å². The lowest BCUT2D eigenvalue weighted by Crippen LogP contribution is -1.84.